The van der Waals surface area contributed by atoms with Gasteiger partial charge in [-0.1, -0.05) is 0 Å². The highest BCUT2D eigenvalue weighted by atomic mass is 32.2. The predicted octanol–water partition coefficient (Wildman–Crippen LogP) is 0.457. The van der Waals surface area contributed by atoms with Crippen LogP contribution in [0.25, 0.3) is 0 Å². The van der Waals surface area contributed by atoms with Gasteiger partial charge in [-0.15, -0.1) is 0 Å². The molecule has 1 aliphatic rings. The van der Waals surface area contributed by atoms with Gasteiger partial charge in [-0.05, 0) is 44.5 Å². The van der Waals surface area contributed by atoms with Gasteiger partial charge in [0.15, 0.2) is 0 Å². The largest absolute Gasteiger partial charge is 0.306 e. The van der Waals surface area contributed by atoms with Crippen LogP contribution in [-0.4, -0.2) is 38.4 Å². The van der Waals surface area contributed by atoms with E-state index in [1.54, 1.807) is 19.2 Å². The molecule has 1 atom stereocenters. The smallest absolute Gasteiger partial charge is 0.240 e. The lowest BCUT2D eigenvalue weighted by molar-refractivity contribution is 0.411. The number of hydrogen-bond donors (Lipinski definition) is 1. The summed E-state index contributed by atoms with van der Waals surface area (Å²) in [5.41, 5.74) is 1.30. The Balaban J connectivity index is 2.51. The van der Waals surface area contributed by atoms with Crippen LogP contribution in [0.1, 0.15) is 23.6 Å². The normalized spacial score (nSPS) is 21.9. The van der Waals surface area contributed by atoms with Crippen LogP contribution >= 0.6 is 0 Å². The van der Waals surface area contributed by atoms with Crippen molar-refractivity contribution >= 4 is 10.0 Å². The Hall–Kier alpha value is -0.980. The average molecular weight is 255 g/mol. The summed E-state index contributed by atoms with van der Waals surface area (Å²) in [5, 5.41) is 5.28. The zero-order chi connectivity index (χ0) is 12.6. The molecule has 0 aromatic carbocycles. The van der Waals surface area contributed by atoms with Gasteiger partial charge in [0, 0.05) is 12.7 Å². The van der Waals surface area contributed by atoms with Gasteiger partial charge in [0.05, 0.1) is 5.69 Å². The summed E-state index contributed by atoms with van der Waals surface area (Å²) < 4.78 is 23.3. The van der Waals surface area contributed by atoms with E-state index in [0.29, 0.717) is 5.69 Å². The molecule has 1 saturated heterocycles. The van der Waals surface area contributed by atoms with E-state index >= 15 is 0 Å². The molecule has 1 aliphatic heterocycles. The van der Waals surface area contributed by atoms with Gasteiger partial charge in [-0.3, -0.25) is 4.98 Å². The van der Waals surface area contributed by atoms with Crippen molar-refractivity contribution in [1.82, 2.24) is 9.88 Å². The van der Waals surface area contributed by atoms with E-state index in [1.807, 2.05) is 7.05 Å². The lowest BCUT2D eigenvalue weighted by Gasteiger charge is -2.15. The number of aryl methyl sites for hydroxylation is 1. The summed E-state index contributed by atoms with van der Waals surface area (Å²) >= 11 is 0. The maximum absolute atomic E-state index is 11.6. The van der Waals surface area contributed by atoms with Crippen LogP contribution in [-0.2, 0) is 10.0 Å². The third kappa shape index (κ3) is 2.48. The van der Waals surface area contributed by atoms with E-state index in [-0.39, 0.29) is 10.8 Å². The summed E-state index contributed by atoms with van der Waals surface area (Å²) in [5.74, 6) is 0.232. The van der Waals surface area contributed by atoms with Crippen molar-refractivity contribution in [2.24, 2.45) is 5.14 Å². The minimum absolute atomic E-state index is 0.209. The molecule has 2 N–H and O–H groups in total. The Morgan fingerprint density at radius 2 is 2.24 bits per heavy atom. The summed E-state index contributed by atoms with van der Waals surface area (Å²) in [6.45, 7) is 3.53. The van der Waals surface area contributed by atoms with Gasteiger partial charge < -0.3 is 4.90 Å². The first kappa shape index (κ1) is 12.5. The number of nitrogens with two attached hydrogens (primary N) is 1. The number of aromatic nitrogens is 1. The van der Waals surface area contributed by atoms with E-state index in [0.717, 1.165) is 25.1 Å². The minimum Gasteiger partial charge on any atom is -0.306 e. The van der Waals surface area contributed by atoms with E-state index in [1.165, 1.54) is 0 Å². The number of likely N-dealkylation sites (tertiary alicyclic amines) is 1. The van der Waals surface area contributed by atoms with Crippen LogP contribution in [0.2, 0.25) is 0 Å². The van der Waals surface area contributed by atoms with Gasteiger partial charge in [0.2, 0.25) is 10.0 Å². The molecule has 0 radical (unpaired) electrons. The Bertz CT molecular complexity index is 528. The van der Waals surface area contributed by atoms with Gasteiger partial charge in [-0.25, -0.2) is 13.6 Å². The van der Waals surface area contributed by atoms with Crippen molar-refractivity contribution in [2.75, 3.05) is 20.1 Å². The first-order chi connectivity index (χ1) is 7.89. The Morgan fingerprint density at radius 3 is 2.76 bits per heavy atom. The summed E-state index contributed by atoms with van der Waals surface area (Å²) in [6, 6.07) is 1.77. The molecule has 1 fully saturated rings. The topological polar surface area (TPSA) is 76.3 Å². The third-order valence-electron chi connectivity index (χ3n) is 3.23. The fraction of sp³-hybridized carbons (Fsp3) is 0.545. The molecule has 0 spiro atoms. The molecule has 17 heavy (non-hydrogen) atoms. The predicted molar refractivity (Wildman–Crippen MR) is 65.2 cm³/mol. The minimum atomic E-state index is -3.70. The molecule has 1 unspecified atom stereocenters. The quantitative estimate of drug-likeness (QED) is 0.832. The molecule has 0 bridgehead atoms. The van der Waals surface area contributed by atoms with Crippen molar-refractivity contribution in [2.45, 2.75) is 24.2 Å². The molecule has 6 heteroatoms. The number of primary sulfonamides is 1. The summed E-state index contributed by atoms with van der Waals surface area (Å²) in [7, 11) is -1.67. The molecule has 94 valence electrons. The standard InChI is InChI=1S/C11H17N3O2S/c1-8-11(17(12,15)16)10(3-5-13-8)9-4-6-14(2)7-9/h3,5,9H,4,6-7H2,1-2H3,(H2,12,15,16). The van der Waals surface area contributed by atoms with Crippen LogP contribution in [0, 0.1) is 6.92 Å². The zero-order valence-corrected chi connectivity index (χ0v) is 10.9. The second-order valence-corrected chi connectivity index (χ2v) is 6.11. The van der Waals surface area contributed by atoms with Crippen molar-refractivity contribution < 1.29 is 8.42 Å². The molecule has 2 rings (SSSR count). The highest BCUT2D eigenvalue weighted by molar-refractivity contribution is 7.89. The molecule has 0 aliphatic carbocycles. The molecule has 5 nitrogen and oxygen atoms in total. The fourth-order valence-corrected chi connectivity index (χ4v) is 3.48. The van der Waals surface area contributed by atoms with E-state index in [9.17, 15) is 8.42 Å². The summed E-state index contributed by atoms with van der Waals surface area (Å²) in [4.78, 5) is 6.42. The lowest BCUT2D eigenvalue weighted by atomic mass is 9.99. The van der Waals surface area contributed by atoms with E-state index < -0.39 is 10.0 Å². The van der Waals surface area contributed by atoms with Crippen molar-refractivity contribution in [1.29, 1.82) is 0 Å². The summed E-state index contributed by atoms with van der Waals surface area (Å²) in [6.07, 6.45) is 2.61. The fourth-order valence-electron chi connectivity index (χ4n) is 2.45. The van der Waals surface area contributed by atoms with Crippen LogP contribution < -0.4 is 5.14 Å². The van der Waals surface area contributed by atoms with Crippen LogP contribution in [0.15, 0.2) is 17.2 Å². The first-order valence-electron chi connectivity index (χ1n) is 5.56. The number of rotatable bonds is 2. The zero-order valence-electron chi connectivity index (χ0n) is 10.0. The van der Waals surface area contributed by atoms with Gasteiger partial charge >= 0.3 is 0 Å². The molecule has 0 saturated carbocycles. The van der Waals surface area contributed by atoms with E-state index in [4.69, 9.17) is 5.14 Å². The Morgan fingerprint density at radius 1 is 1.53 bits per heavy atom. The van der Waals surface area contributed by atoms with Crippen molar-refractivity contribution in [3.63, 3.8) is 0 Å². The molecule has 2 heterocycles. The second-order valence-electron chi connectivity index (χ2n) is 4.61. The molecular formula is C11H17N3O2S. The number of likely N-dealkylation sites (N-methyl/N-ethyl adjacent to an activating group) is 1. The Kier molecular flexibility index (Phi) is 3.20. The van der Waals surface area contributed by atoms with Gasteiger partial charge in [0.1, 0.15) is 4.90 Å². The SMILES string of the molecule is Cc1nccc(C2CCN(C)C2)c1S(N)(=O)=O. The Labute approximate surface area is 102 Å². The number of hydrogen-bond acceptors (Lipinski definition) is 4. The number of nitrogens with zero attached hydrogens (tertiary/aromatic N) is 2. The molecule has 1 aromatic rings. The maximum atomic E-state index is 11.6. The molecule has 0 amide bonds. The number of sulfonamides is 1. The molecule has 1 aromatic heterocycles. The average Bonchev–Trinajstić information content (AvgIpc) is 2.62. The monoisotopic (exact) mass is 255 g/mol. The lowest BCUT2D eigenvalue weighted by Crippen LogP contribution is -2.19. The van der Waals surface area contributed by atoms with Gasteiger partial charge in [0.25, 0.3) is 0 Å². The van der Waals surface area contributed by atoms with Crippen molar-refractivity contribution in [3.8, 4) is 0 Å². The van der Waals surface area contributed by atoms with Crippen molar-refractivity contribution in [3.05, 3.63) is 23.5 Å². The second kappa shape index (κ2) is 4.36. The van der Waals surface area contributed by atoms with Gasteiger partial charge in [-0.2, -0.15) is 0 Å². The molecular weight excluding hydrogens is 238 g/mol. The third-order valence-corrected chi connectivity index (χ3v) is 4.33. The number of pyridine rings is 1. The first-order valence-corrected chi connectivity index (χ1v) is 7.11. The highest BCUT2D eigenvalue weighted by Crippen LogP contribution is 2.31. The maximum Gasteiger partial charge on any atom is 0.240 e. The van der Waals surface area contributed by atoms with Crippen LogP contribution in [0.4, 0.5) is 0 Å². The van der Waals surface area contributed by atoms with Crippen LogP contribution in [0.5, 0.6) is 0 Å². The van der Waals surface area contributed by atoms with E-state index in [2.05, 4.69) is 9.88 Å². The van der Waals surface area contributed by atoms with Crippen LogP contribution in [0.3, 0.4) is 0 Å². The highest BCUT2D eigenvalue weighted by Gasteiger charge is 2.27.